The van der Waals surface area contributed by atoms with Crippen LogP contribution in [0.15, 0.2) is 6.20 Å². The highest BCUT2D eigenvalue weighted by molar-refractivity contribution is 7.16. The van der Waals surface area contributed by atoms with Crippen molar-refractivity contribution in [1.29, 1.82) is 10.5 Å². The van der Waals surface area contributed by atoms with Gasteiger partial charge in [0.2, 0.25) is 5.28 Å². The van der Waals surface area contributed by atoms with E-state index in [0.717, 1.165) is 24.4 Å². The third-order valence-electron chi connectivity index (χ3n) is 6.78. The Balaban J connectivity index is 1.44. The molecule has 5 rings (SSSR count). The zero-order valence-corrected chi connectivity index (χ0v) is 22.1. The van der Waals surface area contributed by atoms with Gasteiger partial charge in [-0.3, -0.25) is 0 Å². The van der Waals surface area contributed by atoms with Crippen LogP contribution >= 0.6 is 22.9 Å². The molecule has 0 radical (unpaired) electrons. The number of rotatable bonds is 6. The van der Waals surface area contributed by atoms with Crippen LogP contribution in [0.4, 0.5) is 10.8 Å². The molecular weight excluding hydrogens is 486 g/mol. The normalized spacial score (nSPS) is 16.5. The molecule has 4 heterocycles. The van der Waals surface area contributed by atoms with E-state index in [4.69, 9.17) is 22.1 Å². The molecule has 8 nitrogen and oxygen atoms in total. The molecule has 1 saturated heterocycles. The van der Waals surface area contributed by atoms with Crippen LogP contribution in [0.25, 0.3) is 11.0 Å². The van der Waals surface area contributed by atoms with E-state index in [9.17, 15) is 10.5 Å². The summed E-state index contributed by atoms with van der Waals surface area (Å²) in [6.45, 7) is 9.32. The van der Waals surface area contributed by atoms with Gasteiger partial charge in [0, 0.05) is 44.3 Å². The molecule has 0 saturated carbocycles. The number of aryl methyl sites for hydroxylation is 1. The Hall–Kier alpha value is -2.63. The minimum Gasteiger partial charge on any atom is -0.389 e. The van der Waals surface area contributed by atoms with Crippen LogP contribution in [-0.2, 0) is 23.3 Å². The first kappa shape index (κ1) is 23.1. The number of nitrogens with two attached hydrogens (primary N) is 1. The quantitative estimate of drug-likeness (QED) is 0.294. The van der Waals surface area contributed by atoms with E-state index in [0.29, 0.717) is 59.4 Å². The van der Waals surface area contributed by atoms with E-state index in [1.807, 2.05) is 4.57 Å². The molecule has 2 N–H and O–H groups in total. The number of halogens is 1. The molecule has 11 heteroatoms. The van der Waals surface area contributed by atoms with Crippen molar-refractivity contribution in [2.45, 2.75) is 50.7 Å². The standard InChI is InChI=1S/C23H26ClN7OSSi/c1-34(2,3)7-6-32-13-30-10-14(8-25)17-20(30)28-22(24)29-21(17)31-11-23(12-31)5-4-16-18(23)15(9-26)19(27)33-16/h10H,4-7,11-13,27H2,1-3H3. The minimum absolute atomic E-state index is 0.104. The molecule has 0 unspecified atom stereocenters. The number of anilines is 2. The van der Waals surface area contributed by atoms with Crippen molar-refractivity contribution in [3.05, 3.63) is 33.0 Å². The molecule has 1 fully saturated rings. The van der Waals surface area contributed by atoms with Crippen LogP contribution in [0.1, 0.15) is 28.0 Å². The molecule has 0 amide bonds. The Morgan fingerprint density at radius 2 is 2.03 bits per heavy atom. The number of nitrogen functional groups attached to an aromatic ring is 1. The van der Waals surface area contributed by atoms with Crippen molar-refractivity contribution < 1.29 is 4.74 Å². The van der Waals surface area contributed by atoms with Crippen molar-refractivity contribution >= 4 is 52.9 Å². The molecule has 34 heavy (non-hydrogen) atoms. The van der Waals surface area contributed by atoms with Crippen molar-refractivity contribution in [1.82, 2.24) is 14.5 Å². The van der Waals surface area contributed by atoms with E-state index < -0.39 is 8.07 Å². The predicted octanol–water partition coefficient (Wildman–Crippen LogP) is 4.49. The fourth-order valence-electron chi connectivity index (χ4n) is 5.07. The van der Waals surface area contributed by atoms with E-state index >= 15 is 0 Å². The summed E-state index contributed by atoms with van der Waals surface area (Å²) in [6.07, 6.45) is 3.69. The Bertz CT molecular complexity index is 1370. The fourth-order valence-corrected chi connectivity index (χ4v) is 7.13. The largest absolute Gasteiger partial charge is 0.389 e. The minimum atomic E-state index is -1.19. The number of ether oxygens (including phenoxy) is 1. The summed E-state index contributed by atoms with van der Waals surface area (Å²) >= 11 is 7.87. The molecule has 0 aromatic carbocycles. The molecule has 0 bridgehead atoms. The van der Waals surface area contributed by atoms with Crippen molar-refractivity contribution in [3.8, 4) is 12.1 Å². The number of nitrogens with zero attached hydrogens (tertiary/aromatic N) is 6. The molecule has 1 aliphatic carbocycles. The number of nitriles is 2. The smallest absolute Gasteiger partial charge is 0.226 e. The maximum absolute atomic E-state index is 9.85. The van der Waals surface area contributed by atoms with E-state index in [1.54, 1.807) is 6.20 Å². The van der Waals surface area contributed by atoms with Gasteiger partial charge in [0.05, 0.1) is 16.5 Å². The van der Waals surface area contributed by atoms with Crippen LogP contribution < -0.4 is 10.6 Å². The van der Waals surface area contributed by atoms with Gasteiger partial charge in [-0.15, -0.1) is 11.3 Å². The highest BCUT2D eigenvalue weighted by atomic mass is 35.5. The van der Waals surface area contributed by atoms with Crippen LogP contribution in [-0.4, -0.2) is 42.3 Å². The Kier molecular flexibility index (Phi) is 5.61. The summed E-state index contributed by atoms with van der Waals surface area (Å²) < 4.78 is 7.75. The van der Waals surface area contributed by atoms with Gasteiger partial charge in [-0.2, -0.15) is 20.5 Å². The second-order valence-corrected chi connectivity index (χ2v) is 17.5. The first-order valence-corrected chi connectivity index (χ1v) is 16.2. The second-order valence-electron chi connectivity index (χ2n) is 10.4. The molecular formula is C23H26ClN7OSSi. The van der Waals surface area contributed by atoms with Gasteiger partial charge in [-0.25, -0.2) is 0 Å². The molecule has 2 aliphatic rings. The summed E-state index contributed by atoms with van der Waals surface area (Å²) in [5.41, 5.74) is 8.85. The van der Waals surface area contributed by atoms with Crippen LogP contribution in [0.2, 0.25) is 31.0 Å². The number of thiophene rings is 1. The Morgan fingerprint density at radius 1 is 1.26 bits per heavy atom. The zero-order chi connectivity index (χ0) is 24.3. The lowest BCUT2D eigenvalue weighted by molar-refractivity contribution is 0.0898. The Morgan fingerprint density at radius 3 is 2.71 bits per heavy atom. The van der Waals surface area contributed by atoms with E-state index in [2.05, 4.69) is 46.6 Å². The van der Waals surface area contributed by atoms with Crippen molar-refractivity contribution in [2.75, 3.05) is 30.3 Å². The molecule has 1 spiro atoms. The van der Waals surface area contributed by atoms with Crippen molar-refractivity contribution in [2.24, 2.45) is 0 Å². The number of hydrogen-bond donors (Lipinski definition) is 1. The predicted molar refractivity (Wildman–Crippen MR) is 137 cm³/mol. The maximum atomic E-state index is 9.85. The lowest BCUT2D eigenvalue weighted by atomic mass is 9.74. The number of aromatic nitrogens is 3. The van der Waals surface area contributed by atoms with Crippen LogP contribution in [0.5, 0.6) is 0 Å². The summed E-state index contributed by atoms with van der Waals surface area (Å²) in [5.74, 6) is 0.660. The topological polar surface area (TPSA) is 117 Å². The van der Waals surface area contributed by atoms with Crippen molar-refractivity contribution in [3.63, 3.8) is 0 Å². The summed E-state index contributed by atoms with van der Waals surface area (Å²) in [4.78, 5) is 12.3. The molecule has 3 aromatic rings. The lowest BCUT2D eigenvalue weighted by Crippen LogP contribution is -2.59. The third kappa shape index (κ3) is 3.75. The summed E-state index contributed by atoms with van der Waals surface area (Å²) in [6, 6.07) is 5.66. The second kappa shape index (κ2) is 8.24. The van der Waals surface area contributed by atoms with E-state index in [-0.39, 0.29) is 10.7 Å². The SMILES string of the molecule is C[Si](C)(C)CCOCn1cc(C#N)c2c(N3CC4(CCc5sc(N)c(C#N)c54)C3)nc(Cl)nc21. The first-order valence-electron chi connectivity index (χ1n) is 11.3. The van der Waals surface area contributed by atoms with Gasteiger partial charge in [0.15, 0.2) is 0 Å². The molecule has 0 atom stereocenters. The van der Waals surface area contributed by atoms with Gasteiger partial charge >= 0.3 is 0 Å². The molecule has 3 aromatic heterocycles. The van der Waals surface area contributed by atoms with E-state index in [1.165, 1.54) is 16.2 Å². The van der Waals surface area contributed by atoms with Gasteiger partial charge in [0.1, 0.15) is 35.3 Å². The summed E-state index contributed by atoms with van der Waals surface area (Å²) in [5, 5.41) is 20.9. The fraction of sp³-hybridized carbons (Fsp3) is 0.478. The van der Waals surface area contributed by atoms with Gasteiger partial charge in [0.25, 0.3) is 0 Å². The average molecular weight is 512 g/mol. The number of fused-ring (bicyclic) bond motifs is 3. The average Bonchev–Trinajstić information content (AvgIpc) is 3.38. The lowest BCUT2D eigenvalue weighted by Gasteiger charge is -2.49. The van der Waals surface area contributed by atoms with Crippen LogP contribution in [0.3, 0.4) is 0 Å². The van der Waals surface area contributed by atoms with Gasteiger partial charge in [-0.1, -0.05) is 19.6 Å². The highest BCUT2D eigenvalue weighted by Gasteiger charge is 2.52. The number of hydrogen-bond acceptors (Lipinski definition) is 8. The maximum Gasteiger partial charge on any atom is 0.226 e. The third-order valence-corrected chi connectivity index (χ3v) is 9.74. The van der Waals surface area contributed by atoms with Gasteiger partial charge in [-0.05, 0) is 36.1 Å². The first-order chi connectivity index (χ1) is 16.2. The highest BCUT2D eigenvalue weighted by Crippen LogP contribution is 2.53. The monoisotopic (exact) mass is 511 g/mol. The summed E-state index contributed by atoms with van der Waals surface area (Å²) in [7, 11) is -1.19. The van der Waals surface area contributed by atoms with Crippen LogP contribution in [0, 0.1) is 22.7 Å². The molecule has 176 valence electrons. The molecule has 1 aliphatic heterocycles. The van der Waals surface area contributed by atoms with Gasteiger partial charge < -0.3 is 19.9 Å². The zero-order valence-electron chi connectivity index (χ0n) is 19.5. The Labute approximate surface area is 208 Å².